The van der Waals surface area contributed by atoms with Crippen molar-refractivity contribution in [2.75, 3.05) is 12.0 Å². The minimum absolute atomic E-state index is 0.0992. The molecule has 1 saturated carbocycles. The predicted molar refractivity (Wildman–Crippen MR) is 101 cm³/mol. The fourth-order valence-corrected chi connectivity index (χ4v) is 6.67. The van der Waals surface area contributed by atoms with E-state index in [9.17, 15) is 4.57 Å². The Bertz CT molecular complexity index is 635. The first-order valence-electron chi connectivity index (χ1n) is 9.09. The van der Waals surface area contributed by atoms with Crippen LogP contribution in [0.4, 0.5) is 0 Å². The molecule has 1 aromatic rings. The van der Waals surface area contributed by atoms with Gasteiger partial charge < -0.3 is 4.52 Å². The van der Waals surface area contributed by atoms with Crippen molar-refractivity contribution in [1.29, 1.82) is 0 Å². The molecule has 24 heavy (non-hydrogen) atoms. The molecule has 1 atom stereocenters. The third-order valence-electron chi connectivity index (χ3n) is 5.25. The van der Waals surface area contributed by atoms with Crippen LogP contribution in [0.1, 0.15) is 64.0 Å². The van der Waals surface area contributed by atoms with Gasteiger partial charge in [0.05, 0.1) is 6.16 Å². The van der Waals surface area contributed by atoms with Crippen molar-refractivity contribution in [1.82, 2.24) is 4.67 Å². The number of benzene rings is 1. The molecule has 0 spiro atoms. The molecule has 1 heterocycles. The Hall–Kier alpha value is -0.500. The molecule has 0 amide bonds. The van der Waals surface area contributed by atoms with Crippen LogP contribution in [0.25, 0.3) is 0 Å². The predicted octanol–water partition coefficient (Wildman–Crippen LogP) is 5.94. The van der Waals surface area contributed by atoms with Gasteiger partial charge >= 0.3 is 7.52 Å². The highest BCUT2D eigenvalue weighted by Crippen LogP contribution is 2.58. The van der Waals surface area contributed by atoms with Gasteiger partial charge in [-0.05, 0) is 29.9 Å². The van der Waals surface area contributed by atoms with Crippen LogP contribution < -0.4 is 4.52 Å². The second kappa shape index (κ2) is 7.02. The Labute approximate surface area is 151 Å². The molecular weight excluding hydrogens is 341 g/mol. The molecule has 5 heteroatoms. The molecule has 3 rings (SSSR count). The molecule has 134 valence electrons. The fourth-order valence-electron chi connectivity index (χ4n) is 3.78. The standard InChI is InChI=1S/C19H29ClNO2P/c1-19(2,3)16-9-10-18-15(13-16)14-21(17-7-5-4-6-8-17)24(22,23-18)12-11-20/h9-10,13,17H,4-8,11-12,14H2,1-3H3. The van der Waals surface area contributed by atoms with Crippen molar-refractivity contribution >= 4 is 19.1 Å². The number of hydrogen-bond donors (Lipinski definition) is 0. The van der Waals surface area contributed by atoms with Crippen LogP contribution in [0.2, 0.25) is 0 Å². The van der Waals surface area contributed by atoms with E-state index in [4.69, 9.17) is 16.1 Å². The molecule has 3 nitrogen and oxygen atoms in total. The zero-order valence-electron chi connectivity index (χ0n) is 15.1. The first-order valence-corrected chi connectivity index (χ1v) is 11.4. The topological polar surface area (TPSA) is 29.5 Å². The Morgan fingerprint density at radius 2 is 1.96 bits per heavy atom. The molecule has 0 saturated heterocycles. The lowest BCUT2D eigenvalue weighted by molar-refractivity contribution is 0.213. The van der Waals surface area contributed by atoms with Gasteiger partial charge in [-0.1, -0.05) is 52.2 Å². The molecule has 1 unspecified atom stereocenters. The fraction of sp³-hybridized carbons (Fsp3) is 0.684. The molecule has 2 aliphatic rings. The molecule has 1 aromatic carbocycles. The van der Waals surface area contributed by atoms with Gasteiger partial charge in [0, 0.05) is 24.0 Å². The van der Waals surface area contributed by atoms with Crippen LogP contribution in [0.15, 0.2) is 18.2 Å². The summed E-state index contributed by atoms with van der Waals surface area (Å²) in [6, 6.07) is 6.68. The van der Waals surface area contributed by atoms with E-state index in [1.165, 1.54) is 24.8 Å². The molecule has 0 bridgehead atoms. The summed E-state index contributed by atoms with van der Waals surface area (Å²) in [6.45, 7) is 7.37. The summed E-state index contributed by atoms with van der Waals surface area (Å²) in [6.07, 6.45) is 6.38. The van der Waals surface area contributed by atoms with E-state index >= 15 is 0 Å². The van der Waals surface area contributed by atoms with Crippen LogP contribution in [0.3, 0.4) is 0 Å². The van der Waals surface area contributed by atoms with Crippen molar-refractivity contribution in [2.24, 2.45) is 0 Å². The summed E-state index contributed by atoms with van der Waals surface area (Å²) in [5.74, 6) is 1.15. The minimum atomic E-state index is -2.88. The lowest BCUT2D eigenvalue weighted by Gasteiger charge is -2.42. The Morgan fingerprint density at radius 3 is 2.58 bits per heavy atom. The van der Waals surface area contributed by atoms with Gasteiger partial charge in [-0.25, -0.2) is 4.67 Å². The number of alkyl halides is 1. The van der Waals surface area contributed by atoms with Gasteiger partial charge in [0.25, 0.3) is 0 Å². The SMILES string of the molecule is CC(C)(C)c1ccc2c(c1)CN(C1CCCCC1)P(=O)(CCCl)O2. The summed E-state index contributed by atoms with van der Waals surface area (Å²) in [7, 11) is -2.88. The van der Waals surface area contributed by atoms with E-state index in [2.05, 4.69) is 37.6 Å². The van der Waals surface area contributed by atoms with Gasteiger partial charge in [-0.15, -0.1) is 11.6 Å². The van der Waals surface area contributed by atoms with Crippen molar-refractivity contribution in [2.45, 2.75) is 70.9 Å². The third kappa shape index (κ3) is 3.69. The van der Waals surface area contributed by atoms with Crippen LogP contribution in [-0.2, 0) is 16.5 Å². The first-order chi connectivity index (χ1) is 11.3. The average molecular weight is 370 g/mol. The summed E-state index contributed by atoms with van der Waals surface area (Å²) in [5, 5.41) is 0. The van der Waals surface area contributed by atoms with Crippen molar-refractivity contribution in [3.8, 4) is 5.75 Å². The molecule has 1 fully saturated rings. The Balaban J connectivity index is 1.95. The number of rotatable bonds is 3. The number of nitrogens with zero attached hydrogens (tertiary/aromatic N) is 1. The summed E-state index contributed by atoms with van der Waals surface area (Å²) < 4.78 is 21.8. The van der Waals surface area contributed by atoms with Crippen LogP contribution in [-0.4, -0.2) is 22.8 Å². The molecular formula is C19H29ClNO2P. The van der Waals surface area contributed by atoms with E-state index in [0.29, 0.717) is 18.1 Å². The lowest BCUT2D eigenvalue weighted by atomic mass is 9.86. The molecule has 0 radical (unpaired) electrons. The molecule has 1 aliphatic carbocycles. The second-order valence-electron chi connectivity index (χ2n) is 8.10. The van der Waals surface area contributed by atoms with Crippen LogP contribution >= 0.6 is 19.1 Å². The monoisotopic (exact) mass is 369 g/mol. The van der Waals surface area contributed by atoms with Crippen molar-refractivity contribution in [3.05, 3.63) is 29.3 Å². The Morgan fingerprint density at radius 1 is 1.25 bits per heavy atom. The normalized spacial score (nSPS) is 26.0. The van der Waals surface area contributed by atoms with E-state index in [0.717, 1.165) is 30.7 Å². The van der Waals surface area contributed by atoms with Crippen LogP contribution in [0, 0.1) is 0 Å². The van der Waals surface area contributed by atoms with Gasteiger partial charge in [-0.3, -0.25) is 4.57 Å². The first kappa shape index (κ1) is 18.3. The highest BCUT2D eigenvalue weighted by atomic mass is 35.5. The molecule has 0 N–H and O–H groups in total. The maximum Gasteiger partial charge on any atom is 0.321 e. The maximum absolute atomic E-state index is 13.5. The lowest BCUT2D eigenvalue weighted by Crippen LogP contribution is -2.38. The maximum atomic E-state index is 13.5. The van der Waals surface area contributed by atoms with Crippen LogP contribution in [0.5, 0.6) is 5.75 Å². The highest BCUT2D eigenvalue weighted by Gasteiger charge is 2.42. The molecule has 1 aliphatic heterocycles. The quantitative estimate of drug-likeness (QED) is 0.487. The zero-order valence-corrected chi connectivity index (χ0v) is 16.7. The van der Waals surface area contributed by atoms with Gasteiger partial charge in [0.2, 0.25) is 0 Å². The Kier molecular flexibility index (Phi) is 5.35. The number of hydrogen-bond acceptors (Lipinski definition) is 2. The van der Waals surface area contributed by atoms with Crippen molar-refractivity contribution < 1.29 is 9.09 Å². The smallest absolute Gasteiger partial charge is 0.321 e. The van der Waals surface area contributed by atoms with E-state index in [-0.39, 0.29) is 5.41 Å². The largest absolute Gasteiger partial charge is 0.432 e. The van der Waals surface area contributed by atoms with Gasteiger partial charge in [0.1, 0.15) is 5.75 Å². The highest BCUT2D eigenvalue weighted by molar-refractivity contribution is 7.57. The zero-order chi connectivity index (χ0) is 17.4. The van der Waals surface area contributed by atoms with Gasteiger partial charge in [0.15, 0.2) is 0 Å². The number of fused-ring (bicyclic) bond motifs is 1. The summed E-state index contributed by atoms with van der Waals surface area (Å²) >= 11 is 5.96. The van der Waals surface area contributed by atoms with E-state index < -0.39 is 7.52 Å². The molecule has 0 aromatic heterocycles. The van der Waals surface area contributed by atoms with E-state index in [1.807, 2.05) is 6.07 Å². The van der Waals surface area contributed by atoms with Crippen molar-refractivity contribution in [3.63, 3.8) is 0 Å². The summed E-state index contributed by atoms with van der Waals surface area (Å²) in [5.41, 5.74) is 2.55. The summed E-state index contributed by atoms with van der Waals surface area (Å²) in [4.78, 5) is 0. The minimum Gasteiger partial charge on any atom is -0.432 e. The van der Waals surface area contributed by atoms with Gasteiger partial charge in [-0.2, -0.15) is 0 Å². The number of halogens is 1. The third-order valence-corrected chi connectivity index (χ3v) is 8.23. The second-order valence-corrected chi connectivity index (χ2v) is 10.9. The van der Waals surface area contributed by atoms with E-state index in [1.54, 1.807) is 0 Å². The average Bonchev–Trinajstić information content (AvgIpc) is 2.53.